The molecule has 3 heterocycles. The number of hydrogen-bond donors (Lipinski definition) is 4. The number of fused-ring (bicyclic) bond motifs is 1. The molecule has 222 valence electrons. The lowest BCUT2D eigenvalue weighted by Crippen LogP contribution is -2.21. The van der Waals surface area contributed by atoms with Gasteiger partial charge in [0.25, 0.3) is 5.91 Å². The average molecular weight is 608 g/mol. The minimum absolute atomic E-state index is 0.185. The minimum atomic E-state index is -0.497. The van der Waals surface area contributed by atoms with Gasteiger partial charge in [-0.3, -0.25) is 15.2 Å². The molecule has 0 fully saturated rings. The van der Waals surface area contributed by atoms with Crippen molar-refractivity contribution in [3.05, 3.63) is 106 Å². The van der Waals surface area contributed by atoms with Crippen LogP contribution in [0.4, 0.5) is 26.5 Å². The molecule has 0 saturated heterocycles. The Balaban J connectivity index is 1.18. The third-order valence-electron chi connectivity index (χ3n) is 7.14. The number of aryl methyl sites for hydroxylation is 1. The molecule has 0 atom stereocenters. The maximum atomic E-state index is 15.5. The summed E-state index contributed by atoms with van der Waals surface area (Å²) in [7, 11) is 0. The van der Waals surface area contributed by atoms with Gasteiger partial charge in [0.2, 0.25) is 0 Å². The van der Waals surface area contributed by atoms with Crippen molar-refractivity contribution in [2.24, 2.45) is 0 Å². The zero-order valence-electron chi connectivity index (χ0n) is 24.5. The molecule has 0 aliphatic heterocycles. The van der Waals surface area contributed by atoms with E-state index in [1.165, 1.54) is 11.3 Å². The van der Waals surface area contributed by atoms with Crippen LogP contribution >= 0.6 is 11.3 Å². The summed E-state index contributed by atoms with van der Waals surface area (Å²) in [5.74, 6) is -0.0201. The smallest absolute Gasteiger partial charge is 0.308 e. The van der Waals surface area contributed by atoms with Gasteiger partial charge < -0.3 is 10.6 Å². The number of H-pyrrole nitrogens is 1. The van der Waals surface area contributed by atoms with Crippen LogP contribution in [0.1, 0.15) is 42.4 Å². The third kappa shape index (κ3) is 5.82. The van der Waals surface area contributed by atoms with Gasteiger partial charge in [0.15, 0.2) is 11.6 Å². The van der Waals surface area contributed by atoms with Gasteiger partial charge in [-0.2, -0.15) is 21.5 Å². The van der Waals surface area contributed by atoms with Crippen molar-refractivity contribution in [2.45, 2.75) is 33.1 Å². The van der Waals surface area contributed by atoms with E-state index in [2.05, 4.69) is 46.9 Å². The number of halogens is 1. The summed E-state index contributed by atoms with van der Waals surface area (Å²) in [4.78, 5) is 25.5. The molecule has 11 heteroatoms. The Morgan fingerprint density at radius 1 is 0.932 bits per heavy atom. The molecule has 3 amide bonds. The zero-order chi connectivity index (χ0) is 31.0. The monoisotopic (exact) mass is 607 g/mol. The molecule has 0 aliphatic carbocycles. The number of urea groups is 1. The molecule has 0 radical (unpaired) electrons. The van der Waals surface area contributed by atoms with Crippen molar-refractivity contribution in [3.63, 3.8) is 0 Å². The molecule has 0 spiro atoms. The first-order chi connectivity index (χ1) is 21.1. The fourth-order valence-corrected chi connectivity index (χ4v) is 5.31. The van der Waals surface area contributed by atoms with Gasteiger partial charge in [-0.25, -0.2) is 13.9 Å². The first-order valence-corrected chi connectivity index (χ1v) is 14.9. The van der Waals surface area contributed by atoms with Crippen LogP contribution < -0.4 is 16.0 Å². The van der Waals surface area contributed by atoms with Crippen LogP contribution in [-0.2, 0) is 5.41 Å². The second-order valence-corrected chi connectivity index (χ2v) is 12.2. The van der Waals surface area contributed by atoms with E-state index in [4.69, 9.17) is 5.10 Å². The van der Waals surface area contributed by atoms with Crippen LogP contribution in [0.5, 0.6) is 0 Å². The normalized spacial score (nSPS) is 11.5. The fourth-order valence-electron chi connectivity index (χ4n) is 4.68. The molecule has 0 unspecified atom stereocenters. The van der Waals surface area contributed by atoms with E-state index in [-0.39, 0.29) is 22.7 Å². The zero-order valence-corrected chi connectivity index (χ0v) is 25.3. The molecule has 9 nitrogen and oxygen atoms in total. The van der Waals surface area contributed by atoms with E-state index in [0.717, 1.165) is 16.9 Å². The van der Waals surface area contributed by atoms with E-state index < -0.39 is 11.8 Å². The maximum absolute atomic E-state index is 15.5. The average Bonchev–Trinajstić information content (AvgIpc) is 3.75. The largest absolute Gasteiger partial charge is 0.324 e. The third-order valence-corrected chi connectivity index (χ3v) is 7.83. The number of nitrogens with zero attached hydrogens (tertiary/aromatic N) is 3. The summed E-state index contributed by atoms with van der Waals surface area (Å²) >= 11 is 1.41. The second-order valence-electron chi connectivity index (χ2n) is 11.5. The van der Waals surface area contributed by atoms with Crippen LogP contribution in [0.3, 0.4) is 0 Å². The summed E-state index contributed by atoms with van der Waals surface area (Å²) < 4.78 is 17.3. The van der Waals surface area contributed by atoms with Gasteiger partial charge in [-0.15, -0.1) is 0 Å². The number of carbonyl (C=O) groups excluding carboxylic acids is 2. The lowest BCUT2D eigenvalue weighted by Gasteiger charge is -2.14. The summed E-state index contributed by atoms with van der Waals surface area (Å²) in [5.41, 5.74) is 4.77. The number of hydrogen-bond acceptors (Lipinski definition) is 5. The lowest BCUT2D eigenvalue weighted by molar-refractivity contribution is 0.102. The first-order valence-electron chi connectivity index (χ1n) is 13.9. The summed E-state index contributed by atoms with van der Waals surface area (Å²) in [5, 5.41) is 24.0. The number of rotatable bonds is 6. The number of carbonyl (C=O) groups is 2. The number of aromatic nitrogens is 4. The number of nitrogens with one attached hydrogen (secondary N) is 4. The highest BCUT2D eigenvalue weighted by Gasteiger charge is 2.22. The molecular formula is C33H30FN7O2S. The van der Waals surface area contributed by atoms with E-state index in [0.29, 0.717) is 33.6 Å². The van der Waals surface area contributed by atoms with Gasteiger partial charge in [-0.1, -0.05) is 56.7 Å². The van der Waals surface area contributed by atoms with E-state index in [1.807, 2.05) is 42.6 Å². The summed E-state index contributed by atoms with van der Waals surface area (Å²) in [6, 6.07) is 21.3. The van der Waals surface area contributed by atoms with Crippen molar-refractivity contribution in [3.8, 4) is 16.8 Å². The Hall–Kier alpha value is -5.29. The number of aromatic amines is 1. The van der Waals surface area contributed by atoms with Crippen LogP contribution in [0.25, 0.3) is 27.7 Å². The maximum Gasteiger partial charge on any atom is 0.324 e. The Kier molecular flexibility index (Phi) is 7.48. The summed E-state index contributed by atoms with van der Waals surface area (Å²) in [6.45, 7) is 8.21. The quantitative estimate of drug-likeness (QED) is 0.153. The van der Waals surface area contributed by atoms with Gasteiger partial charge >= 0.3 is 6.03 Å². The molecule has 6 aromatic rings. The highest BCUT2D eigenvalue weighted by Crippen LogP contribution is 2.32. The van der Waals surface area contributed by atoms with Crippen molar-refractivity contribution >= 4 is 51.5 Å². The first kappa shape index (κ1) is 28.8. The standard InChI is InChI=1S/C33H30FN7O2S/c1-19-5-11-23(12-6-19)41-27(17-26(40-41)33(2,3)4)36-32(43)35-22-9-7-20(8-10-22)24-13-14-25-29(28(24)34)38-39-30(25)37-31(42)21-15-16-44-18-21/h5-18H,1-4H3,(H2,35,36,43)(H2,37,38,39,42). The van der Waals surface area contributed by atoms with Crippen molar-refractivity contribution in [1.82, 2.24) is 20.0 Å². The van der Waals surface area contributed by atoms with Crippen LogP contribution in [0.2, 0.25) is 0 Å². The van der Waals surface area contributed by atoms with Crippen LogP contribution in [0, 0.1) is 12.7 Å². The van der Waals surface area contributed by atoms with Crippen molar-refractivity contribution in [1.29, 1.82) is 0 Å². The highest BCUT2D eigenvalue weighted by atomic mass is 32.1. The Morgan fingerprint density at radius 3 is 2.36 bits per heavy atom. The molecule has 4 N–H and O–H groups in total. The molecule has 3 aromatic carbocycles. The summed E-state index contributed by atoms with van der Waals surface area (Å²) in [6.07, 6.45) is 0. The second kappa shape index (κ2) is 11.4. The highest BCUT2D eigenvalue weighted by molar-refractivity contribution is 7.08. The van der Waals surface area contributed by atoms with E-state index >= 15 is 4.39 Å². The number of anilines is 3. The van der Waals surface area contributed by atoms with Gasteiger partial charge in [0.05, 0.1) is 16.9 Å². The van der Waals surface area contributed by atoms with E-state index in [1.54, 1.807) is 52.5 Å². The molecule has 0 bridgehead atoms. The minimum Gasteiger partial charge on any atom is -0.308 e. The van der Waals surface area contributed by atoms with Crippen LogP contribution in [-0.4, -0.2) is 31.9 Å². The van der Waals surface area contributed by atoms with Crippen LogP contribution in [0.15, 0.2) is 83.6 Å². The SMILES string of the molecule is Cc1ccc(-n2nc(C(C)(C)C)cc2NC(=O)Nc2ccc(-c3ccc4c(NC(=O)c5ccsc5)n[nH]c4c3F)cc2)cc1. The topological polar surface area (TPSA) is 117 Å². The Bertz CT molecular complexity index is 1970. The number of benzene rings is 3. The molecule has 44 heavy (non-hydrogen) atoms. The molecule has 0 aliphatic rings. The van der Waals surface area contributed by atoms with E-state index in [9.17, 15) is 9.59 Å². The van der Waals surface area contributed by atoms with Gasteiger partial charge in [-0.05, 0) is 54.3 Å². The van der Waals surface area contributed by atoms with Gasteiger partial charge in [0.1, 0.15) is 11.3 Å². The Labute approximate surface area is 257 Å². The lowest BCUT2D eigenvalue weighted by atomic mass is 9.92. The predicted octanol–water partition coefficient (Wildman–Crippen LogP) is 8.12. The number of amides is 3. The molecular weight excluding hydrogens is 577 g/mol. The van der Waals surface area contributed by atoms with Gasteiger partial charge in [0, 0.05) is 33.5 Å². The van der Waals surface area contributed by atoms with Crippen molar-refractivity contribution in [2.75, 3.05) is 16.0 Å². The Morgan fingerprint density at radius 2 is 1.68 bits per heavy atom. The molecule has 6 rings (SSSR count). The predicted molar refractivity (Wildman–Crippen MR) is 173 cm³/mol. The molecule has 3 aromatic heterocycles. The number of thiophene rings is 1. The molecule has 0 saturated carbocycles. The fraction of sp³-hybridized carbons (Fsp3) is 0.152. The van der Waals surface area contributed by atoms with Crippen molar-refractivity contribution < 1.29 is 14.0 Å².